The van der Waals surface area contributed by atoms with Crippen LogP contribution in [-0.2, 0) is 16.1 Å². The molecule has 1 aromatic heterocycles. The Morgan fingerprint density at radius 3 is 2.78 bits per heavy atom. The van der Waals surface area contributed by atoms with Crippen LogP contribution in [0.1, 0.15) is 36.9 Å². The fourth-order valence-corrected chi connectivity index (χ4v) is 3.54. The van der Waals surface area contributed by atoms with Crippen molar-refractivity contribution in [1.29, 1.82) is 0 Å². The van der Waals surface area contributed by atoms with Gasteiger partial charge in [0.25, 0.3) is 5.89 Å². The number of halogens is 1. The monoisotopic (exact) mass is 375 g/mol. The highest BCUT2D eigenvalue weighted by molar-refractivity contribution is 5.79. The molecule has 0 saturated carbocycles. The van der Waals surface area contributed by atoms with Gasteiger partial charge in [-0.05, 0) is 43.5 Å². The predicted molar refractivity (Wildman–Crippen MR) is 92.5 cm³/mol. The first-order valence-electron chi connectivity index (χ1n) is 9.26. The van der Waals surface area contributed by atoms with Gasteiger partial charge in [-0.25, -0.2) is 4.39 Å². The Hall–Kier alpha value is -2.48. The molecule has 2 aliphatic heterocycles. The fourth-order valence-electron chi connectivity index (χ4n) is 3.54. The van der Waals surface area contributed by atoms with E-state index in [1.165, 1.54) is 12.1 Å². The van der Waals surface area contributed by atoms with E-state index in [0.717, 1.165) is 25.8 Å². The summed E-state index contributed by atoms with van der Waals surface area (Å²) >= 11 is 0. The standard InChI is InChI=1S/C19H22FN3O4/c20-15-1-3-16(4-2-15)26-12-17-21-18(22-27-17)14-5-8-23(11-14)19(24)13-6-9-25-10-7-13/h1-4,13-14H,5-12H2. The molecule has 2 saturated heterocycles. The summed E-state index contributed by atoms with van der Waals surface area (Å²) in [5.41, 5.74) is 0. The summed E-state index contributed by atoms with van der Waals surface area (Å²) in [5.74, 6) is 1.55. The summed E-state index contributed by atoms with van der Waals surface area (Å²) in [6, 6.07) is 5.75. The zero-order chi connectivity index (χ0) is 18.6. The number of nitrogens with zero attached hydrogens (tertiary/aromatic N) is 3. The maximum atomic E-state index is 12.9. The van der Waals surface area contributed by atoms with Gasteiger partial charge in [-0.15, -0.1) is 0 Å². The second-order valence-corrected chi connectivity index (χ2v) is 6.95. The molecule has 1 amide bonds. The normalized spacial score (nSPS) is 20.8. The van der Waals surface area contributed by atoms with Crippen LogP contribution in [0.5, 0.6) is 5.75 Å². The van der Waals surface area contributed by atoms with Gasteiger partial charge in [0.15, 0.2) is 12.4 Å². The Labute approximate surface area is 156 Å². The van der Waals surface area contributed by atoms with E-state index in [4.69, 9.17) is 14.0 Å². The zero-order valence-electron chi connectivity index (χ0n) is 15.0. The highest BCUT2D eigenvalue weighted by Gasteiger charge is 2.34. The van der Waals surface area contributed by atoms with Crippen molar-refractivity contribution < 1.29 is 23.2 Å². The lowest BCUT2D eigenvalue weighted by molar-refractivity contribution is -0.137. The molecule has 2 aromatic rings. The van der Waals surface area contributed by atoms with E-state index in [1.807, 2.05) is 4.90 Å². The van der Waals surface area contributed by atoms with Crippen LogP contribution in [-0.4, -0.2) is 47.3 Å². The summed E-state index contributed by atoms with van der Waals surface area (Å²) in [6.07, 6.45) is 2.42. The van der Waals surface area contributed by atoms with E-state index in [9.17, 15) is 9.18 Å². The van der Waals surface area contributed by atoms with E-state index in [1.54, 1.807) is 12.1 Å². The zero-order valence-corrected chi connectivity index (χ0v) is 15.0. The first kappa shape index (κ1) is 17.9. The second kappa shape index (κ2) is 8.04. The van der Waals surface area contributed by atoms with E-state index >= 15 is 0 Å². The number of rotatable bonds is 5. The quantitative estimate of drug-likeness (QED) is 0.799. The van der Waals surface area contributed by atoms with Crippen LogP contribution in [0.2, 0.25) is 0 Å². The number of hydrogen-bond acceptors (Lipinski definition) is 6. The van der Waals surface area contributed by atoms with E-state index in [0.29, 0.717) is 37.2 Å². The molecule has 0 aliphatic carbocycles. The minimum Gasteiger partial charge on any atom is -0.484 e. The molecular weight excluding hydrogens is 353 g/mol. The van der Waals surface area contributed by atoms with Crippen molar-refractivity contribution in [3.63, 3.8) is 0 Å². The first-order valence-corrected chi connectivity index (χ1v) is 9.26. The van der Waals surface area contributed by atoms with E-state index in [-0.39, 0.29) is 30.2 Å². The van der Waals surface area contributed by atoms with Crippen LogP contribution in [0.4, 0.5) is 4.39 Å². The lowest BCUT2D eigenvalue weighted by Gasteiger charge is -2.26. The number of likely N-dealkylation sites (tertiary alicyclic amines) is 1. The number of amides is 1. The Morgan fingerprint density at radius 1 is 1.22 bits per heavy atom. The summed E-state index contributed by atoms with van der Waals surface area (Å²) in [6.45, 7) is 2.78. The molecular formula is C19H22FN3O4. The van der Waals surface area contributed by atoms with Gasteiger partial charge < -0.3 is 18.9 Å². The Bertz CT molecular complexity index is 774. The lowest BCUT2D eigenvalue weighted by Crippen LogP contribution is -2.37. The van der Waals surface area contributed by atoms with Gasteiger partial charge in [0.2, 0.25) is 5.91 Å². The number of benzene rings is 1. The lowest BCUT2D eigenvalue weighted by atomic mass is 9.99. The average Bonchev–Trinajstić information content (AvgIpc) is 3.37. The molecule has 1 unspecified atom stereocenters. The number of aromatic nitrogens is 2. The summed E-state index contributed by atoms with van der Waals surface area (Å²) < 4.78 is 29.0. The Morgan fingerprint density at radius 2 is 2.00 bits per heavy atom. The van der Waals surface area contributed by atoms with Gasteiger partial charge in [0.1, 0.15) is 11.6 Å². The van der Waals surface area contributed by atoms with Crippen molar-refractivity contribution in [2.24, 2.45) is 5.92 Å². The third-order valence-electron chi connectivity index (χ3n) is 5.10. The van der Waals surface area contributed by atoms with Gasteiger partial charge in [-0.3, -0.25) is 4.79 Å². The molecule has 7 nitrogen and oxygen atoms in total. The first-order chi connectivity index (χ1) is 13.2. The molecule has 2 fully saturated rings. The summed E-state index contributed by atoms with van der Waals surface area (Å²) in [7, 11) is 0. The average molecular weight is 375 g/mol. The van der Waals surface area contributed by atoms with Gasteiger partial charge in [-0.1, -0.05) is 5.16 Å². The largest absolute Gasteiger partial charge is 0.484 e. The van der Waals surface area contributed by atoms with Crippen molar-refractivity contribution in [3.05, 3.63) is 41.8 Å². The van der Waals surface area contributed by atoms with Crippen LogP contribution in [0, 0.1) is 11.7 Å². The molecule has 1 atom stereocenters. The summed E-state index contributed by atoms with van der Waals surface area (Å²) in [4.78, 5) is 18.9. The molecule has 0 bridgehead atoms. The van der Waals surface area contributed by atoms with Crippen LogP contribution in [0.3, 0.4) is 0 Å². The third-order valence-corrected chi connectivity index (χ3v) is 5.10. The molecule has 1 aromatic carbocycles. The molecule has 2 aliphatic rings. The van der Waals surface area contributed by atoms with Crippen molar-refractivity contribution >= 4 is 5.91 Å². The molecule has 27 heavy (non-hydrogen) atoms. The second-order valence-electron chi connectivity index (χ2n) is 6.95. The predicted octanol–water partition coefficient (Wildman–Crippen LogP) is 2.53. The van der Waals surface area contributed by atoms with Crippen LogP contribution in [0.15, 0.2) is 28.8 Å². The third kappa shape index (κ3) is 4.27. The van der Waals surface area contributed by atoms with Gasteiger partial charge in [0.05, 0.1) is 0 Å². The van der Waals surface area contributed by atoms with E-state index in [2.05, 4.69) is 10.1 Å². The van der Waals surface area contributed by atoms with Gasteiger partial charge >= 0.3 is 0 Å². The smallest absolute Gasteiger partial charge is 0.264 e. The molecule has 0 N–H and O–H groups in total. The number of carbonyl (C=O) groups is 1. The van der Waals surface area contributed by atoms with Crippen molar-refractivity contribution in [2.75, 3.05) is 26.3 Å². The van der Waals surface area contributed by atoms with Crippen LogP contribution >= 0.6 is 0 Å². The van der Waals surface area contributed by atoms with Crippen molar-refractivity contribution in [3.8, 4) is 5.75 Å². The molecule has 0 spiro atoms. The number of ether oxygens (including phenoxy) is 2. The maximum absolute atomic E-state index is 12.9. The molecule has 3 heterocycles. The Balaban J connectivity index is 1.30. The summed E-state index contributed by atoms with van der Waals surface area (Å²) in [5, 5.41) is 4.05. The van der Waals surface area contributed by atoms with E-state index < -0.39 is 0 Å². The highest BCUT2D eigenvalue weighted by Crippen LogP contribution is 2.28. The van der Waals surface area contributed by atoms with Crippen LogP contribution < -0.4 is 4.74 Å². The number of carbonyl (C=O) groups excluding carboxylic acids is 1. The van der Waals surface area contributed by atoms with Crippen LogP contribution in [0.25, 0.3) is 0 Å². The SMILES string of the molecule is O=C(C1CCOCC1)N1CCC(c2noc(COc3ccc(F)cc3)n2)C1. The minimum absolute atomic E-state index is 0.0717. The molecule has 4 rings (SSSR count). The minimum atomic E-state index is -0.316. The van der Waals surface area contributed by atoms with Gasteiger partial charge in [0, 0.05) is 38.1 Å². The Kier molecular flexibility index (Phi) is 5.33. The molecule has 144 valence electrons. The maximum Gasteiger partial charge on any atom is 0.264 e. The van der Waals surface area contributed by atoms with Crippen molar-refractivity contribution in [2.45, 2.75) is 31.8 Å². The molecule has 0 radical (unpaired) electrons. The highest BCUT2D eigenvalue weighted by atomic mass is 19.1. The topological polar surface area (TPSA) is 77.7 Å². The number of hydrogen-bond donors (Lipinski definition) is 0. The molecule has 8 heteroatoms. The van der Waals surface area contributed by atoms with Gasteiger partial charge in [-0.2, -0.15) is 4.98 Å². The van der Waals surface area contributed by atoms with Crippen molar-refractivity contribution in [1.82, 2.24) is 15.0 Å². The fraction of sp³-hybridized carbons (Fsp3) is 0.526.